The van der Waals surface area contributed by atoms with E-state index in [1.54, 1.807) is 31.2 Å². The van der Waals surface area contributed by atoms with Gasteiger partial charge in [0.15, 0.2) is 11.6 Å². The van der Waals surface area contributed by atoms with E-state index in [0.717, 1.165) is 6.42 Å². The van der Waals surface area contributed by atoms with Crippen molar-refractivity contribution in [1.82, 2.24) is 0 Å². The number of nitrogens with one attached hydrogen (secondary N) is 2. The zero-order valence-electron chi connectivity index (χ0n) is 15.4. The molecular formula is C20H23FN2O3. The zero-order chi connectivity index (χ0) is 19.3. The highest BCUT2D eigenvalue weighted by atomic mass is 19.1. The predicted octanol–water partition coefficient (Wildman–Crippen LogP) is 4.38. The molecule has 5 nitrogen and oxygen atoms in total. The van der Waals surface area contributed by atoms with Crippen LogP contribution in [0.2, 0.25) is 0 Å². The van der Waals surface area contributed by atoms with E-state index in [9.17, 15) is 14.0 Å². The molecule has 2 aromatic carbocycles. The summed E-state index contributed by atoms with van der Waals surface area (Å²) in [6.07, 6.45) is 0.733. The van der Waals surface area contributed by atoms with Crippen molar-refractivity contribution in [1.29, 1.82) is 0 Å². The van der Waals surface area contributed by atoms with Crippen molar-refractivity contribution < 1.29 is 18.7 Å². The van der Waals surface area contributed by atoms with E-state index < -0.39 is 11.7 Å². The van der Waals surface area contributed by atoms with Crippen LogP contribution in [0.3, 0.4) is 0 Å². The fourth-order valence-electron chi connectivity index (χ4n) is 2.38. The topological polar surface area (TPSA) is 67.4 Å². The molecule has 6 heteroatoms. The van der Waals surface area contributed by atoms with E-state index in [-0.39, 0.29) is 23.1 Å². The number of ether oxygens (including phenoxy) is 1. The summed E-state index contributed by atoms with van der Waals surface area (Å²) in [5.41, 5.74) is 1.69. The number of anilines is 2. The Balaban J connectivity index is 2.24. The van der Waals surface area contributed by atoms with E-state index in [1.807, 2.05) is 13.8 Å². The molecule has 0 aliphatic rings. The molecule has 2 amide bonds. The molecule has 0 aliphatic carbocycles. The molecule has 0 spiro atoms. The second-order valence-electron chi connectivity index (χ2n) is 6.05. The van der Waals surface area contributed by atoms with Gasteiger partial charge in [-0.3, -0.25) is 9.59 Å². The van der Waals surface area contributed by atoms with Gasteiger partial charge in [-0.25, -0.2) is 4.39 Å². The summed E-state index contributed by atoms with van der Waals surface area (Å²) in [7, 11) is 1.34. The minimum absolute atomic E-state index is 0.00365. The van der Waals surface area contributed by atoms with Crippen LogP contribution in [0.15, 0.2) is 36.4 Å². The maximum Gasteiger partial charge on any atom is 0.258 e. The van der Waals surface area contributed by atoms with Gasteiger partial charge in [-0.1, -0.05) is 26.0 Å². The summed E-state index contributed by atoms with van der Waals surface area (Å²) in [5, 5.41) is 5.55. The van der Waals surface area contributed by atoms with Gasteiger partial charge in [0.05, 0.1) is 12.7 Å². The van der Waals surface area contributed by atoms with Crippen molar-refractivity contribution in [2.45, 2.75) is 27.2 Å². The van der Waals surface area contributed by atoms with Crippen molar-refractivity contribution in [3.05, 3.63) is 53.3 Å². The number of carbonyl (C=O) groups excluding carboxylic acids is 2. The van der Waals surface area contributed by atoms with Gasteiger partial charge in [0, 0.05) is 17.3 Å². The molecule has 138 valence electrons. The summed E-state index contributed by atoms with van der Waals surface area (Å²) >= 11 is 0. The number of rotatable bonds is 6. The summed E-state index contributed by atoms with van der Waals surface area (Å²) in [6, 6.07) is 9.56. The summed E-state index contributed by atoms with van der Waals surface area (Å²) in [5.74, 6) is -1.50. The molecule has 0 aliphatic heterocycles. The molecule has 0 bridgehead atoms. The monoisotopic (exact) mass is 358 g/mol. The lowest BCUT2D eigenvalue weighted by molar-refractivity contribution is -0.119. The largest absolute Gasteiger partial charge is 0.494 e. The Hall–Kier alpha value is -2.89. The Morgan fingerprint density at radius 1 is 1.12 bits per heavy atom. The highest BCUT2D eigenvalue weighted by Crippen LogP contribution is 2.26. The third-order valence-electron chi connectivity index (χ3n) is 4.33. The van der Waals surface area contributed by atoms with Crippen LogP contribution in [0, 0.1) is 18.7 Å². The second kappa shape index (κ2) is 8.47. The van der Waals surface area contributed by atoms with E-state index in [0.29, 0.717) is 16.9 Å². The predicted molar refractivity (Wildman–Crippen MR) is 100 cm³/mol. The van der Waals surface area contributed by atoms with E-state index in [2.05, 4.69) is 10.6 Å². The van der Waals surface area contributed by atoms with E-state index in [1.165, 1.54) is 19.2 Å². The molecule has 1 unspecified atom stereocenters. The van der Waals surface area contributed by atoms with Gasteiger partial charge in [0.1, 0.15) is 0 Å². The van der Waals surface area contributed by atoms with Crippen LogP contribution in [-0.4, -0.2) is 18.9 Å². The molecule has 2 N–H and O–H groups in total. The Bertz CT molecular complexity index is 821. The fraction of sp³-hybridized carbons (Fsp3) is 0.300. The lowest BCUT2D eigenvalue weighted by Gasteiger charge is -2.15. The van der Waals surface area contributed by atoms with Crippen molar-refractivity contribution in [3.63, 3.8) is 0 Å². The molecule has 0 aromatic heterocycles. The minimum Gasteiger partial charge on any atom is -0.494 e. The highest BCUT2D eigenvalue weighted by Gasteiger charge is 2.18. The van der Waals surface area contributed by atoms with E-state index >= 15 is 0 Å². The van der Waals surface area contributed by atoms with Gasteiger partial charge in [-0.15, -0.1) is 0 Å². The number of methoxy groups -OCH3 is 1. The Kier molecular flexibility index (Phi) is 6.33. The standard InChI is InChI=1S/C20H23FN2O3/c1-5-12(2)19(24)22-15-9-7-10-16(13(15)3)23-20(25)14-8-6-11-17(26-4)18(14)21/h6-12H,5H2,1-4H3,(H,22,24)(H,23,25). The number of hydrogen-bond donors (Lipinski definition) is 2. The molecule has 0 saturated heterocycles. The van der Waals surface area contributed by atoms with Gasteiger partial charge in [-0.2, -0.15) is 0 Å². The van der Waals surface area contributed by atoms with Crippen LogP contribution in [-0.2, 0) is 4.79 Å². The number of hydrogen-bond acceptors (Lipinski definition) is 3. The van der Waals surface area contributed by atoms with Crippen molar-refractivity contribution >= 4 is 23.2 Å². The molecule has 2 rings (SSSR count). The summed E-state index contributed by atoms with van der Waals surface area (Å²) < 4.78 is 19.2. The molecule has 0 radical (unpaired) electrons. The molecule has 26 heavy (non-hydrogen) atoms. The van der Waals surface area contributed by atoms with E-state index in [4.69, 9.17) is 4.74 Å². The number of carbonyl (C=O) groups is 2. The van der Waals surface area contributed by atoms with Crippen molar-refractivity contribution in [3.8, 4) is 5.75 Å². The van der Waals surface area contributed by atoms with Crippen LogP contribution < -0.4 is 15.4 Å². The number of halogens is 1. The first kappa shape index (κ1) is 19.4. The first-order valence-corrected chi connectivity index (χ1v) is 8.43. The first-order chi connectivity index (χ1) is 12.4. The molecule has 0 fully saturated rings. The maximum atomic E-state index is 14.3. The Labute approximate surface area is 152 Å². The molecule has 1 atom stereocenters. The SMILES string of the molecule is CCC(C)C(=O)Nc1cccc(NC(=O)c2cccc(OC)c2F)c1C. The number of benzene rings is 2. The van der Waals surface area contributed by atoms with Crippen LogP contribution in [0.4, 0.5) is 15.8 Å². The van der Waals surface area contributed by atoms with Gasteiger partial charge in [0.2, 0.25) is 5.91 Å². The molecular weight excluding hydrogens is 335 g/mol. The Morgan fingerprint density at radius 3 is 2.35 bits per heavy atom. The zero-order valence-corrected chi connectivity index (χ0v) is 15.4. The molecule has 2 aromatic rings. The molecule has 0 heterocycles. The normalized spacial score (nSPS) is 11.6. The second-order valence-corrected chi connectivity index (χ2v) is 6.05. The van der Waals surface area contributed by atoms with Crippen molar-refractivity contribution in [2.24, 2.45) is 5.92 Å². The lowest BCUT2D eigenvalue weighted by atomic mass is 10.1. The van der Waals surface area contributed by atoms with Gasteiger partial charge >= 0.3 is 0 Å². The number of amides is 2. The maximum absolute atomic E-state index is 14.3. The summed E-state index contributed by atoms with van der Waals surface area (Å²) in [6.45, 7) is 5.57. The average molecular weight is 358 g/mol. The first-order valence-electron chi connectivity index (χ1n) is 8.43. The fourth-order valence-corrected chi connectivity index (χ4v) is 2.38. The smallest absolute Gasteiger partial charge is 0.258 e. The third-order valence-corrected chi connectivity index (χ3v) is 4.33. The quantitative estimate of drug-likeness (QED) is 0.805. The van der Waals surface area contributed by atoms with Crippen LogP contribution in [0.25, 0.3) is 0 Å². The van der Waals surface area contributed by atoms with Crippen LogP contribution in [0.5, 0.6) is 5.75 Å². The average Bonchev–Trinajstić information content (AvgIpc) is 2.64. The minimum atomic E-state index is -0.716. The van der Waals surface area contributed by atoms with Gasteiger partial charge < -0.3 is 15.4 Å². The van der Waals surface area contributed by atoms with Gasteiger partial charge in [0.25, 0.3) is 5.91 Å². The van der Waals surface area contributed by atoms with Crippen LogP contribution >= 0.6 is 0 Å². The summed E-state index contributed by atoms with van der Waals surface area (Å²) in [4.78, 5) is 24.6. The van der Waals surface area contributed by atoms with Crippen molar-refractivity contribution in [2.75, 3.05) is 17.7 Å². The van der Waals surface area contributed by atoms with Crippen LogP contribution in [0.1, 0.15) is 36.2 Å². The van der Waals surface area contributed by atoms with Gasteiger partial charge in [-0.05, 0) is 43.2 Å². The lowest BCUT2D eigenvalue weighted by Crippen LogP contribution is -2.21. The Morgan fingerprint density at radius 2 is 1.73 bits per heavy atom. The highest BCUT2D eigenvalue weighted by molar-refractivity contribution is 6.05. The third kappa shape index (κ3) is 4.20. The molecule has 0 saturated carbocycles.